The third-order valence-electron chi connectivity index (χ3n) is 5.10. The van der Waals surface area contributed by atoms with Crippen LogP contribution in [0.5, 0.6) is 0 Å². The number of anilines is 1. The molecule has 1 aliphatic rings. The first-order valence-electron chi connectivity index (χ1n) is 8.66. The van der Waals surface area contributed by atoms with Gasteiger partial charge in [0, 0.05) is 11.2 Å². The van der Waals surface area contributed by atoms with Crippen molar-refractivity contribution in [3.8, 4) is 0 Å². The monoisotopic (exact) mass is 391 g/mol. The van der Waals surface area contributed by atoms with Gasteiger partial charge in [0.05, 0.1) is 16.1 Å². The van der Waals surface area contributed by atoms with Gasteiger partial charge >= 0.3 is 7.12 Å². The van der Waals surface area contributed by atoms with Crippen LogP contribution in [-0.2, 0) is 19.3 Å². The number of benzene rings is 2. The molecule has 8 heteroatoms. The molecule has 3 rings (SSSR count). The summed E-state index contributed by atoms with van der Waals surface area (Å²) >= 11 is 0. The van der Waals surface area contributed by atoms with Crippen LogP contribution in [0.3, 0.4) is 0 Å². The van der Waals surface area contributed by atoms with E-state index >= 15 is 0 Å². The summed E-state index contributed by atoms with van der Waals surface area (Å²) in [5, 5.41) is 0. The summed E-state index contributed by atoms with van der Waals surface area (Å²) in [7, 11) is -4.72. The van der Waals surface area contributed by atoms with Gasteiger partial charge in [-0.2, -0.15) is 0 Å². The lowest BCUT2D eigenvalue weighted by molar-refractivity contribution is 0.00578. The van der Waals surface area contributed by atoms with Gasteiger partial charge in [0.2, 0.25) is 0 Å². The maximum absolute atomic E-state index is 13.9. The summed E-state index contributed by atoms with van der Waals surface area (Å²) < 4.78 is 53.8. The molecule has 1 fully saturated rings. The van der Waals surface area contributed by atoms with Crippen LogP contribution in [0.15, 0.2) is 47.4 Å². The van der Waals surface area contributed by atoms with E-state index in [0.29, 0.717) is 5.46 Å². The molecule has 0 bridgehead atoms. The maximum Gasteiger partial charge on any atom is 0.497 e. The first kappa shape index (κ1) is 19.9. The van der Waals surface area contributed by atoms with Crippen LogP contribution in [0.2, 0.25) is 0 Å². The summed E-state index contributed by atoms with van der Waals surface area (Å²) in [6, 6.07) is 10.3. The van der Waals surface area contributed by atoms with Crippen LogP contribution in [0.4, 0.5) is 10.1 Å². The van der Waals surface area contributed by atoms with E-state index in [-0.39, 0.29) is 10.6 Å². The van der Waals surface area contributed by atoms with Gasteiger partial charge < -0.3 is 9.31 Å². The molecular weight excluding hydrogens is 368 g/mol. The largest absolute Gasteiger partial charge is 0.497 e. The molecule has 0 radical (unpaired) electrons. The van der Waals surface area contributed by atoms with E-state index in [0.717, 1.165) is 5.56 Å². The second-order valence-corrected chi connectivity index (χ2v) is 9.42. The first-order valence-corrected chi connectivity index (χ1v) is 10.1. The van der Waals surface area contributed by atoms with E-state index in [1.807, 2.05) is 34.6 Å². The van der Waals surface area contributed by atoms with Crippen molar-refractivity contribution in [1.29, 1.82) is 0 Å². The molecule has 0 saturated carbocycles. The van der Waals surface area contributed by atoms with Crippen LogP contribution in [-0.4, -0.2) is 26.7 Å². The molecule has 2 aromatic rings. The van der Waals surface area contributed by atoms with Crippen LogP contribution in [0, 0.1) is 12.7 Å². The molecule has 0 spiro atoms. The molecule has 2 aromatic carbocycles. The smallest absolute Gasteiger partial charge is 0.399 e. The van der Waals surface area contributed by atoms with E-state index in [9.17, 15) is 12.8 Å². The Hall–Kier alpha value is -1.90. The van der Waals surface area contributed by atoms with Gasteiger partial charge in [-0.25, -0.2) is 12.8 Å². The fraction of sp³-hybridized carbons (Fsp3) is 0.368. The molecule has 1 heterocycles. The molecule has 27 heavy (non-hydrogen) atoms. The molecule has 1 saturated heterocycles. The summed E-state index contributed by atoms with van der Waals surface area (Å²) in [6.45, 7) is 9.38. The highest BCUT2D eigenvalue weighted by atomic mass is 32.2. The molecular formula is C19H23BFNO4S. The second-order valence-electron chi connectivity index (χ2n) is 7.74. The number of hydrogen-bond acceptors (Lipinski definition) is 4. The van der Waals surface area contributed by atoms with Gasteiger partial charge in [-0.1, -0.05) is 17.7 Å². The van der Waals surface area contributed by atoms with Crippen molar-refractivity contribution in [1.82, 2.24) is 0 Å². The number of hydrogen-bond donors (Lipinski definition) is 1. The fourth-order valence-corrected chi connectivity index (χ4v) is 3.80. The van der Waals surface area contributed by atoms with E-state index < -0.39 is 34.2 Å². The van der Waals surface area contributed by atoms with Crippen LogP contribution in [0.25, 0.3) is 0 Å². The van der Waals surface area contributed by atoms with Crippen LogP contribution < -0.4 is 10.2 Å². The average Bonchev–Trinajstić information content (AvgIpc) is 2.77. The quantitative estimate of drug-likeness (QED) is 0.813. The minimum atomic E-state index is -3.84. The lowest BCUT2D eigenvalue weighted by atomic mass is 9.78. The van der Waals surface area contributed by atoms with Crippen LogP contribution in [0.1, 0.15) is 33.3 Å². The minimum absolute atomic E-state index is 0.122. The Labute approximate surface area is 160 Å². The Bertz CT molecular complexity index is 942. The lowest BCUT2D eigenvalue weighted by Gasteiger charge is -2.32. The number of sulfonamides is 1. The third-order valence-corrected chi connectivity index (χ3v) is 6.48. The first-order chi connectivity index (χ1) is 12.4. The predicted octanol–water partition coefficient (Wildman–Crippen LogP) is 3.23. The van der Waals surface area contributed by atoms with Crippen molar-refractivity contribution < 1.29 is 22.1 Å². The van der Waals surface area contributed by atoms with Gasteiger partial charge in [-0.3, -0.25) is 4.72 Å². The Balaban J connectivity index is 1.97. The SMILES string of the molecule is Cc1ccc(S(=O)(=O)Nc2ccc(F)cc2B2OC(C)(C)C(C)(C)O2)cc1. The zero-order valence-corrected chi connectivity index (χ0v) is 16.9. The van der Waals surface area contributed by atoms with Crippen molar-refractivity contribution in [2.45, 2.75) is 50.7 Å². The Morgan fingerprint density at radius 2 is 1.52 bits per heavy atom. The number of rotatable bonds is 4. The van der Waals surface area contributed by atoms with E-state index in [2.05, 4.69) is 4.72 Å². The van der Waals surface area contributed by atoms with Gasteiger partial charge in [0.25, 0.3) is 10.0 Å². The summed E-state index contributed by atoms with van der Waals surface area (Å²) in [4.78, 5) is 0.122. The molecule has 1 aliphatic heterocycles. The van der Waals surface area contributed by atoms with Gasteiger partial charge in [-0.05, 0) is 65.0 Å². The van der Waals surface area contributed by atoms with Gasteiger partial charge in [0.15, 0.2) is 0 Å². The second kappa shape index (κ2) is 6.62. The van der Waals surface area contributed by atoms with Crippen LogP contribution >= 0.6 is 0 Å². The maximum atomic E-state index is 13.9. The molecule has 0 aliphatic carbocycles. The van der Waals surface area contributed by atoms with Crippen molar-refractivity contribution >= 4 is 28.3 Å². The summed E-state index contributed by atoms with van der Waals surface area (Å²) in [6.07, 6.45) is 0. The van der Waals surface area contributed by atoms with E-state index in [1.54, 1.807) is 12.1 Å². The molecule has 0 aromatic heterocycles. The molecule has 0 amide bonds. The number of aryl methyl sites for hydroxylation is 1. The molecule has 0 atom stereocenters. The fourth-order valence-electron chi connectivity index (χ4n) is 2.71. The third kappa shape index (κ3) is 3.88. The predicted molar refractivity (Wildman–Crippen MR) is 104 cm³/mol. The molecule has 0 unspecified atom stereocenters. The molecule has 144 valence electrons. The highest BCUT2D eigenvalue weighted by molar-refractivity contribution is 7.92. The number of halogens is 1. The normalized spacial score (nSPS) is 18.5. The zero-order chi connectivity index (χ0) is 20.0. The highest BCUT2D eigenvalue weighted by Gasteiger charge is 2.52. The Morgan fingerprint density at radius 3 is 2.07 bits per heavy atom. The molecule has 1 N–H and O–H groups in total. The number of nitrogens with one attached hydrogen (secondary N) is 1. The minimum Gasteiger partial charge on any atom is -0.399 e. The Kier molecular flexibility index (Phi) is 4.86. The lowest BCUT2D eigenvalue weighted by Crippen LogP contribution is -2.41. The average molecular weight is 391 g/mol. The molecule has 5 nitrogen and oxygen atoms in total. The topological polar surface area (TPSA) is 64.6 Å². The zero-order valence-electron chi connectivity index (χ0n) is 16.0. The van der Waals surface area contributed by atoms with Crippen molar-refractivity contribution in [3.05, 3.63) is 53.8 Å². The summed E-state index contributed by atoms with van der Waals surface area (Å²) in [5.41, 5.74) is 0.210. The summed E-state index contributed by atoms with van der Waals surface area (Å²) in [5.74, 6) is -0.502. The van der Waals surface area contributed by atoms with Crippen molar-refractivity contribution in [3.63, 3.8) is 0 Å². The van der Waals surface area contributed by atoms with Crippen molar-refractivity contribution in [2.75, 3.05) is 4.72 Å². The van der Waals surface area contributed by atoms with Crippen molar-refractivity contribution in [2.24, 2.45) is 0 Å². The van der Waals surface area contributed by atoms with E-state index in [1.165, 1.54) is 30.3 Å². The standard InChI is InChI=1S/C19H23BFNO4S/c1-13-6-9-15(10-7-13)27(23,24)22-17-11-8-14(21)12-16(17)20-25-18(2,3)19(4,5)26-20/h6-12,22H,1-5H3. The van der Waals surface area contributed by atoms with E-state index in [4.69, 9.17) is 9.31 Å². The highest BCUT2D eigenvalue weighted by Crippen LogP contribution is 2.37. The van der Waals surface area contributed by atoms with Gasteiger partial charge in [-0.15, -0.1) is 0 Å². The Morgan fingerprint density at radius 1 is 0.963 bits per heavy atom. The van der Waals surface area contributed by atoms with Gasteiger partial charge in [0.1, 0.15) is 5.82 Å².